The molecule has 0 saturated heterocycles. The molecule has 0 spiro atoms. The van der Waals surface area contributed by atoms with E-state index < -0.39 is 0 Å². The minimum atomic E-state index is -0.269. The van der Waals surface area contributed by atoms with Crippen LogP contribution in [0.3, 0.4) is 0 Å². The van der Waals surface area contributed by atoms with E-state index in [1.807, 2.05) is 24.3 Å². The number of rotatable bonds is 6. The topological polar surface area (TPSA) is 50.4 Å². The lowest BCUT2D eigenvalue weighted by Gasteiger charge is -2.10. The van der Waals surface area contributed by atoms with Crippen LogP contribution in [0.5, 0.6) is 5.75 Å². The third kappa shape index (κ3) is 5.47. The zero-order valence-corrected chi connectivity index (χ0v) is 13.3. The van der Waals surface area contributed by atoms with E-state index in [4.69, 9.17) is 27.9 Å². The van der Waals surface area contributed by atoms with Gasteiger partial charge in [0.15, 0.2) is 0 Å². The van der Waals surface area contributed by atoms with Crippen LogP contribution >= 0.6 is 23.2 Å². The maximum Gasteiger partial charge on any atom is 0.315 e. The van der Waals surface area contributed by atoms with Crippen molar-refractivity contribution in [2.75, 3.05) is 13.2 Å². The minimum absolute atomic E-state index is 0.269. The fraction of sp³-hybridized carbons (Fsp3) is 0.188. The van der Waals surface area contributed by atoms with Crippen molar-refractivity contribution < 1.29 is 9.53 Å². The molecule has 116 valence electrons. The molecule has 0 aliphatic rings. The number of halogens is 2. The van der Waals surface area contributed by atoms with Gasteiger partial charge in [0.25, 0.3) is 0 Å². The third-order valence-corrected chi connectivity index (χ3v) is 3.45. The number of nitrogens with one attached hydrogen (secondary N) is 2. The molecule has 0 bridgehead atoms. The van der Waals surface area contributed by atoms with Gasteiger partial charge >= 0.3 is 6.03 Å². The molecule has 4 nitrogen and oxygen atoms in total. The average Bonchev–Trinajstić information content (AvgIpc) is 2.51. The van der Waals surface area contributed by atoms with E-state index in [2.05, 4.69) is 10.6 Å². The number of carbonyl (C=O) groups excluding carboxylic acids is 1. The van der Waals surface area contributed by atoms with Gasteiger partial charge in [-0.2, -0.15) is 0 Å². The quantitative estimate of drug-likeness (QED) is 0.785. The van der Waals surface area contributed by atoms with Gasteiger partial charge in [-0.1, -0.05) is 47.5 Å². The van der Waals surface area contributed by atoms with Gasteiger partial charge in [0.2, 0.25) is 0 Å². The maximum absolute atomic E-state index is 11.7. The molecule has 22 heavy (non-hydrogen) atoms. The second kappa shape index (κ2) is 8.51. The maximum atomic E-state index is 11.7. The van der Waals surface area contributed by atoms with Crippen LogP contribution in [0.2, 0.25) is 10.0 Å². The molecule has 0 aromatic heterocycles. The van der Waals surface area contributed by atoms with Gasteiger partial charge in [-0.15, -0.1) is 0 Å². The molecule has 0 radical (unpaired) electrons. The van der Waals surface area contributed by atoms with E-state index in [-0.39, 0.29) is 6.03 Å². The minimum Gasteiger partial charge on any atom is -0.492 e. The number of amides is 2. The van der Waals surface area contributed by atoms with Crippen LogP contribution in [0, 0.1) is 0 Å². The summed E-state index contributed by atoms with van der Waals surface area (Å²) in [5.41, 5.74) is 0.870. The second-order valence-corrected chi connectivity index (χ2v) is 5.35. The summed E-state index contributed by atoms with van der Waals surface area (Å²) in [5, 5.41) is 6.69. The average molecular weight is 339 g/mol. The number of ether oxygens (including phenoxy) is 1. The lowest BCUT2D eigenvalue weighted by Crippen LogP contribution is -2.37. The fourth-order valence-corrected chi connectivity index (χ4v) is 2.15. The molecule has 0 heterocycles. The van der Waals surface area contributed by atoms with Crippen LogP contribution in [0.15, 0.2) is 48.5 Å². The highest BCUT2D eigenvalue weighted by atomic mass is 35.5. The molecule has 2 N–H and O–H groups in total. The highest BCUT2D eigenvalue weighted by molar-refractivity contribution is 6.31. The van der Waals surface area contributed by atoms with Crippen molar-refractivity contribution >= 4 is 29.2 Å². The summed E-state index contributed by atoms with van der Waals surface area (Å²) in [4.78, 5) is 11.7. The Labute approximate surface area is 139 Å². The van der Waals surface area contributed by atoms with Gasteiger partial charge < -0.3 is 15.4 Å². The first kappa shape index (κ1) is 16.5. The highest BCUT2D eigenvalue weighted by Crippen LogP contribution is 2.16. The second-order valence-electron chi connectivity index (χ2n) is 4.51. The molecule has 0 fully saturated rings. The van der Waals surface area contributed by atoms with Crippen molar-refractivity contribution in [1.82, 2.24) is 10.6 Å². The third-order valence-electron chi connectivity index (χ3n) is 2.85. The van der Waals surface area contributed by atoms with Crippen LogP contribution < -0.4 is 15.4 Å². The summed E-state index contributed by atoms with van der Waals surface area (Å²) < 4.78 is 5.47. The Morgan fingerprint density at radius 3 is 2.64 bits per heavy atom. The first-order chi connectivity index (χ1) is 10.6. The molecule has 6 heteroatoms. The van der Waals surface area contributed by atoms with E-state index in [1.165, 1.54) is 0 Å². The summed E-state index contributed by atoms with van der Waals surface area (Å²) in [6, 6.07) is 14.2. The van der Waals surface area contributed by atoms with Crippen LogP contribution in [0.1, 0.15) is 5.56 Å². The number of hydrogen-bond acceptors (Lipinski definition) is 2. The van der Waals surface area contributed by atoms with Crippen LogP contribution in [0.4, 0.5) is 4.79 Å². The molecule has 2 amide bonds. The number of carbonyl (C=O) groups is 1. The van der Waals surface area contributed by atoms with Gasteiger partial charge in [0, 0.05) is 16.6 Å². The van der Waals surface area contributed by atoms with Crippen molar-refractivity contribution in [2.24, 2.45) is 0 Å². The fourth-order valence-electron chi connectivity index (χ4n) is 1.77. The zero-order chi connectivity index (χ0) is 15.8. The van der Waals surface area contributed by atoms with E-state index in [9.17, 15) is 4.79 Å². The van der Waals surface area contributed by atoms with Crippen LogP contribution in [-0.4, -0.2) is 19.2 Å². The summed E-state index contributed by atoms with van der Waals surface area (Å²) in [5.74, 6) is 0.672. The van der Waals surface area contributed by atoms with Crippen molar-refractivity contribution in [3.8, 4) is 5.75 Å². The first-order valence-corrected chi connectivity index (χ1v) is 7.54. The Kier molecular flexibility index (Phi) is 6.37. The van der Waals surface area contributed by atoms with Gasteiger partial charge in [-0.25, -0.2) is 4.79 Å². The molecular formula is C16H16Cl2N2O2. The van der Waals surface area contributed by atoms with Crippen molar-refractivity contribution in [3.05, 3.63) is 64.1 Å². The molecule has 0 saturated carbocycles. The predicted octanol–water partition coefficient (Wildman–Crippen LogP) is 3.87. The molecule has 0 unspecified atom stereocenters. The number of benzene rings is 2. The summed E-state index contributed by atoms with van der Waals surface area (Å²) in [7, 11) is 0. The number of urea groups is 1. The summed E-state index contributed by atoms with van der Waals surface area (Å²) >= 11 is 11.9. The monoisotopic (exact) mass is 338 g/mol. The standard InChI is InChI=1S/C16H16Cl2N2O2/c17-13-5-3-6-14(10-13)22-9-8-19-16(21)20-11-12-4-1-2-7-15(12)18/h1-7,10H,8-9,11H2,(H2,19,20,21). The molecular weight excluding hydrogens is 323 g/mol. The summed E-state index contributed by atoms with van der Waals surface area (Å²) in [6.45, 7) is 1.13. The van der Waals surface area contributed by atoms with Crippen molar-refractivity contribution in [2.45, 2.75) is 6.54 Å². The van der Waals surface area contributed by atoms with Gasteiger partial charge in [-0.3, -0.25) is 0 Å². The summed E-state index contributed by atoms with van der Waals surface area (Å²) in [6.07, 6.45) is 0. The molecule has 2 aromatic carbocycles. The van der Waals surface area contributed by atoms with E-state index in [1.54, 1.807) is 24.3 Å². The Balaban J connectivity index is 1.65. The number of hydrogen-bond donors (Lipinski definition) is 2. The Morgan fingerprint density at radius 1 is 1.05 bits per heavy atom. The zero-order valence-electron chi connectivity index (χ0n) is 11.8. The van der Waals surface area contributed by atoms with Crippen molar-refractivity contribution in [1.29, 1.82) is 0 Å². The Morgan fingerprint density at radius 2 is 1.86 bits per heavy atom. The molecule has 2 aromatic rings. The molecule has 0 aliphatic heterocycles. The SMILES string of the molecule is O=C(NCCOc1cccc(Cl)c1)NCc1ccccc1Cl. The van der Waals surface area contributed by atoms with Gasteiger partial charge in [0.1, 0.15) is 12.4 Å². The normalized spacial score (nSPS) is 10.1. The Hall–Kier alpha value is -1.91. The molecule has 0 atom stereocenters. The van der Waals surface area contributed by atoms with Crippen molar-refractivity contribution in [3.63, 3.8) is 0 Å². The van der Waals surface area contributed by atoms with Crippen LogP contribution in [-0.2, 0) is 6.54 Å². The first-order valence-electron chi connectivity index (χ1n) is 6.78. The van der Waals surface area contributed by atoms with Gasteiger partial charge in [-0.05, 0) is 29.8 Å². The molecule has 0 aliphatic carbocycles. The van der Waals surface area contributed by atoms with E-state index in [0.29, 0.717) is 35.5 Å². The van der Waals surface area contributed by atoms with E-state index >= 15 is 0 Å². The van der Waals surface area contributed by atoms with Crippen LogP contribution in [0.25, 0.3) is 0 Å². The smallest absolute Gasteiger partial charge is 0.315 e. The largest absolute Gasteiger partial charge is 0.492 e. The lowest BCUT2D eigenvalue weighted by molar-refractivity contribution is 0.236. The van der Waals surface area contributed by atoms with Gasteiger partial charge in [0.05, 0.1) is 6.54 Å². The molecule has 2 rings (SSSR count). The van der Waals surface area contributed by atoms with E-state index in [0.717, 1.165) is 5.56 Å². The lowest BCUT2D eigenvalue weighted by atomic mass is 10.2. The Bertz CT molecular complexity index is 635. The highest BCUT2D eigenvalue weighted by Gasteiger charge is 2.03. The predicted molar refractivity (Wildman–Crippen MR) is 88.6 cm³/mol.